The Kier molecular flexibility index (Phi) is 7.73. The molecule has 0 saturated heterocycles. The van der Waals surface area contributed by atoms with Gasteiger partial charge in [-0.3, -0.25) is 0 Å². The van der Waals surface area contributed by atoms with E-state index in [-0.39, 0.29) is 23.4 Å². The smallest absolute Gasteiger partial charge is 0.462 e. The fraction of sp³-hybridized carbons (Fsp3) is 0.389. The first-order valence-electron chi connectivity index (χ1n) is 8.72. The lowest BCUT2D eigenvalue weighted by atomic mass is 10.1. The first kappa shape index (κ1) is 23.5. The molecule has 0 amide bonds. The van der Waals surface area contributed by atoms with Crippen molar-refractivity contribution >= 4 is 16.1 Å². The molecule has 0 aliphatic rings. The molecule has 0 radical (unpaired) electrons. The van der Waals surface area contributed by atoms with Crippen LogP contribution in [0.4, 0.5) is 13.2 Å². The number of benzene rings is 1. The molecule has 0 bridgehead atoms. The summed E-state index contributed by atoms with van der Waals surface area (Å²) in [5.41, 5.74) is -5.04. The van der Waals surface area contributed by atoms with Gasteiger partial charge in [0.1, 0.15) is 5.69 Å². The van der Waals surface area contributed by atoms with Crippen molar-refractivity contribution in [3.63, 3.8) is 0 Å². The Morgan fingerprint density at radius 1 is 1.17 bits per heavy atom. The standard InChI is InChI=1S/C18H19F3N2O6S/c1-3-28-17(24)13-8-6-12(7-9-13)15-16(29-30(25,26)18(19,20)21)22-11-14(23-15)5-4-10-27-2/h6-9,11H,3-5,10H2,1-2H3. The molecule has 0 atom stereocenters. The molecule has 1 aromatic carbocycles. The first-order valence-corrected chi connectivity index (χ1v) is 10.1. The van der Waals surface area contributed by atoms with E-state index in [1.54, 1.807) is 6.92 Å². The predicted octanol–water partition coefficient (Wildman–Crippen LogP) is 3.13. The average Bonchev–Trinajstić information content (AvgIpc) is 2.68. The summed E-state index contributed by atoms with van der Waals surface area (Å²) in [7, 11) is -4.43. The maximum Gasteiger partial charge on any atom is 0.534 e. The van der Waals surface area contributed by atoms with E-state index >= 15 is 0 Å². The number of hydrogen-bond acceptors (Lipinski definition) is 8. The van der Waals surface area contributed by atoms with E-state index in [9.17, 15) is 26.4 Å². The Balaban J connectivity index is 2.45. The van der Waals surface area contributed by atoms with E-state index in [4.69, 9.17) is 9.47 Å². The summed E-state index contributed by atoms with van der Waals surface area (Å²) in [5, 5.41) is 0. The van der Waals surface area contributed by atoms with E-state index in [1.165, 1.54) is 31.4 Å². The second-order valence-electron chi connectivity index (χ2n) is 5.89. The predicted molar refractivity (Wildman–Crippen MR) is 99.2 cm³/mol. The zero-order chi connectivity index (χ0) is 22.4. The van der Waals surface area contributed by atoms with Gasteiger partial charge >= 0.3 is 21.6 Å². The van der Waals surface area contributed by atoms with Crippen molar-refractivity contribution in [2.24, 2.45) is 0 Å². The molecule has 0 aliphatic carbocycles. The normalized spacial score (nSPS) is 11.9. The lowest BCUT2D eigenvalue weighted by Gasteiger charge is -2.13. The van der Waals surface area contributed by atoms with E-state index < -0.39 is 27.5 Å². The summed E-state index contributed by atoms with van der Waals surface area (Å²) in [4.78, 5) is 19.7. The SMILES string of the molecule is CCOC(=O)c1ccc(-c2nc(CCCOC)cnc2OS(=O)(=O)C(F)(F)F)cc1. The maximum atomic E-state index is 12.7. The number of esters is 1. The number of rotatable bonds is 9. The Bertz CT molecular complexity index is 978. The van der Waals surface area contributed by atoms with Gasteiger partial charge in [-0.15, -0.1) is 0 Å². The van der Waals surface area contributed by atoms with Crippen molar-refractivity contribution in [2.75, 3.05) is 20.3 Å². The van der Waals surface area contributed by atoms with Gasteiger partial charge < -0.3 is 13.7 Å². The molecule has 2 rings (SSSR count). The quantitative estimate of drug-likeness (QED) is 0.249. The zero-order valence-corrected chi connectivity index (χ0v) is 16.9. The van der Waals surface area contributed by atoms with Gasteiger partial charge in [-0.1, -0.05) is 12.1 Å². The van der Waals surface area contributed by atoms with Crippen LogP contribution in [0.25, 0.3) is 11.3 Å². The molecule has 164 valence electrons. The fourth-order valence-corrected chi connectivity index (χ4v) is 2.74. The number of nitrogens with zero attached hydrogens (tertiary/aromatic N) is 2. The third-order valence-electron chi connectivity index (χ3n) is 3.71. The highest BCUT2D eigenvalue weighted by atomic mass is 32.2. The van der Waals surface area contributed by atoms with Gasteiger partial charge in [0.25, 0.3) is 5.88 Å². The first-order chi connectivity index (χ1) is 14.1. The van der Waals surface area contributed by atoms with Crippen molar-refractivity contribution in [1.82, 2.24) is 9.97 Å². The van der Waals surface area contributed by atoms with Gasteiger partial charge in [-0.25, -0.2) is 14.8 Å². The zero-order valence-electron chi connectivity index (χ0n) is 16.1. The lowest BCUT2D eigenvalue weighted by Crippen LogP contribution is -2.28. The molecule has 0 aliphatic heterocycles. The molecule has 2 aromatic rings. The largest absolute Gasteiger partial charge is 0.534 e. The lowest BCUT2D eigenvalue weighted by molar-refractivity contribution is -0.0501. The Morgan fingerprint density at radius 2 is 1.83 bits per heavy atom. The number of alkyl halides is 3. The van der Waals surface area contributed by atoms with Gasteiger partial charge in [-0.2, -0.15) is 21.6 Å². The molecule has 12 heteroatoms. The Hall–Kier alpha value is -2.73. The summed E-state index contributed by atoms with van der Waals surface area (Å²) in [6, 6.07) is 5.49. The number of aryl methyl sites for hydroxylation is 1. The summed E-state index contributed by atoms with van der Waals surface area (Å²) in [5.74, 6) is -1.41. The second kappa shape index (κ2) is 9.85. The minimum absolute atomic E-state index is 0.170. The molecular weight excluding hydrogens is 429 g/mol. The van der Waals surface area contributed by atoms with Crippen LogP contribution in [0.15, 0.2) is 30.5 Å². The van der Waals surface area contributed by atoms with Crippen LogP contribution >= 0.6 is 0 Å². The number of ether oxygens (including phenoxy) is 2. The molecule has 0 N–H and O–H groups in total. The summed E-state index contributed by atoms with van der Waals surface area (Å²) >= 11 is 0. The minimum Gasteiger partial charge on any atom is -0.462 e. The Labute approximate surface area is 171 Å². The molecule has 0 saturated carbocycles. The van der Waals surface area contributed by atoms with Crippen molar-refractivity contribution in [2.45, 2.75) is 25.3 Å². The highest BCUT2D eigenvalue weighted by Gasteiger charge is 2.49. The molecule has 0 unspecified atom stereocenters. The molecule has 8 nitrogen and oxygen atoms in total. The summed E-state index contributed by atoms with van der Waals surface area (Å²) in [6.45, 7) is 2.23. The highest BCUT2D eigenvalue weighted by molar-refractivity contribution is 7.88. The van der Waals surface area contributed by atoms with Gasteiger partial charge in [0.05, 0.1) is 24.1 Å². The third kappa shape index (κ3) is 5.89. The Morgan fingerprint density at radius 3 is 2.40 bits per heavy atom. The van der Waals surface area contributed by atoms with Crippen LogP contribution in [0, 0.1) is 0 Å². The van der Waals surface area contributed by atoms with Gasteiger partial charge in [0.15, 0.2) is 0 Å². The summed E-state index contributed by atoms with van der Waals surface area (Å²) in [6.07, 6.45) is 2.09. The molecule has 0 fully saturated rings. The third-order valence-corrected chi connectivity index (χ3v) is 4.66. The maximum absolute atomic E-state index is 12.7. The van der Waals surface area contributed by atoms with Crippen LogP contribution in [0.5, 0.6) is 5.88 Å². The van der Waals surface area contributed by atoms with Gasteiger partial charge in [0.2, 0.25) is 0 Å². The number of carbonyl (C=O) groups is 1. The number of halogens is 3. The second-order valence-corrected chi connectivity index (χ2v) is 7.43. The topological polar surface area (TPSA) is 105 Å². The average molecular weight is 448 g/mol. The van der Waals surface area contributed by atoms with E-state index in [0.29, 0.717) is 25.1 Å². The monoisotopic (exact) mass is 448 g/mol. The van der Waals surface area contributed by atoms with E-state index in [0.717, 1.165) is 6.20 Å². The number of aromatic nitrogens is 2. The summed E-state index contributed by atoms with van der Waals surface area (Å²) < 4.78 is 75.0. The number of methoxy groups -OCH3 is 1. The fourth-order valence-electron chi connectivity index (χ4n) is 2.31. The molecule has 0 spiro atoms. The van der Waals surface area contributed by atoms with Crippen LogP contribution in [-0.4, -0.2) is 50.2 Å². The number of hydrogen-bond donors (Lipinski definition) is 0. The molecule has 30 heavy (non-hydrogen) atoms. The van der Waals surface area contributed by atoms with Crippen LogP contribution in [0.2, 0.25) is 0 Å². The van der Waals surface area contributed by atoms with Crippen LogP contribution in [-0.2, 0) is 26.0 Å². The molecule has 1 heterocycles. The van der Waals surface area contributed by atoms with Crippen molar-refractivity contribution in [3.05, 3.63) is 41.7 Å². The van der Waals surface area contributed by atoms with E-state index in [2.05, 4.69) is 14.2 Å². The molecule has 1 aromatic heterocycles. The van der Waals surface area contributed by atoms with Crippen LogP contribution < -0.4 is 4.18 Å². The van der Waals surface area contributed by atoms with Crippen LogP contribution in [0.3, 0.4) is 0 Å². The number of carbonyl (C=O) groups excluding carboxylic acids is 1. The van der Waals surface area contributed by atoms with Crippen molar-refractivity contribution in [1.29, 1.82) is 0 Å². The van der Waals surface area contributed by atoms with E-state index in [1.807, 2.05) is 0 Å². The van der Waals surface area contributed by atoms with Gasteiger partial charge in [-0.05, 0) is 31.9 Å². The minimum atomic E-state index is -5.94. The van der Waals surface area contributed by atoms with Gasteiger partial charge in [0, 0.05) is 19.3 Å². The van der Waals surface area contributed by atoms with Crippen molar-refractivity contribution in [3.8, 4) is 17.1 Å². The highest BCUT2D eigenvalue weighted by Crippen LogP contribution is 2.32. The van der Waals surface area contributed by atoms with Crippen LogP contribution in [0.1, 0.15) is 29.4 Å². The van der Waals surface area contributed by atoms with Crippen molar-refractivity contribution < 1.29 is 40.0 Å². The molecular formula is C18H19F3N2O6S.